The fourth-order valence-corrected chi connectivity index (χ4v) is 17.8. The second-order valence-electron chi connectivity index (χ2n) is 21.0. The Hall–Kier alpha value is -11.4. The topological polar surface area (TPSA) is 295 Å². The summed E-state index contributed by atoms with van der Waals surface area (Å²) in [6.07, 6.45) is 8.92. The Balaban J connectivity index is 0.000000139. The average molecular weight is 1390 g/mol. The molecule has 0 atom stereocenters. The number of aryl methyl sites for hydroxylation is 1. The first-order chi connectivity index (χ1) is 47.7. The minimum atomic E-state index is -3.53. The van der Waals surface area contributed by atoms with E-state index in [-0.39, 0.29) is 69.1 Å². The number of pyridine rings is 2. The maximum atomic E-state index is 12.6. The van der Waals surface area contributed by atoms with E-state index in [1.807, 2.05) is 41.5 Å². The van der Waals surface area contributed by atoms with E-state index in [9.17, 15) is 52.8 Å². The zero-order valence-corrected chi connectivity index (χ0v) is 57.5. The van der Waals surface area contributed by atoms with Gasteiger partial charge < -0.3 is 0 Å². The molecule has 8 aromatic carbocycles. The van der Waals surface area contributed by atoms with Crippen molar-refractivity contribution >= 4 is 62.5 Å². The Kier molecular flexibility index (Phi) is 21.0. The van der Waals surface area contributed by atoms with Gasteiger partial charge in [-0.1, -0.05) is 120 Å². The summed E-state index contributed by atoms with van der Waals surface area (Å²) < 4.78 is 100. The van der Waals surface area contributed by atoms with Crippen LogP contribution < -0.4 is 0 Å². The molecule has 0 spiro atoms. The molecule has 16 rings (SSSR count). The molecular weight excluding hydrogens is 1330 g/mol. The van der Waals surface area contributed by atoms with Gasteiger partial charge in [0.2, 0.25) is 68.3 Å². The third kappa shape index (κ3) is 13.5. The summed E-state index contributed by atoms with van der Waals surface area (Å²) in [6, 6.07) is 55.8. The van der Waals surface area contributed by atoms with Crippen LogP contribution in [0.4, 0.5) is 0 Å². The minimum absolute atomic E-state index is 0.0385. The fourth-order valence-electron chi connectivity index (χ4n) is 11.1. The molecule has 0 radical (unpaired) electrons. The third-order valence-corrected chi connectivity index (χ3v) is 23.0. The van der Waals surface area contributed by atoms with Gasteiger partial charge in [0.15, 0.2) is 5.78 Å². The molecular formula is C76H61N7O12S4. The Morgan fingerprint density at radius 1 is 0.283 bits per heavy atom. The lowest BCUT2D eigenvalue weighted by Crippen LogP contribution is -2.09. The van der Waals surface area contributed by atoms with Gasteiger partial charge in [-0.15, -0.1) is 0 Å². The van der Waals surface area contributed by atoms with E-state index in [0.29, 0.717) is 88.7 Å². The minimum Gasteiger partial charge on any atom is -0.289 e. The van der Waals surface area contributed by atoms with Gasteiger partial charge in [-0.3, -0.25) is 29.1 Å². The number of sulfone groups is 4. The lowest BCUT2D eigenvalue weighted by atomic mass is 9.99. The number of fused-ring (bicyclic) bond motifs is 12. The van der Waals surface area contributed by atoms with Crippen LogP contribution in [0.15, 0.2) is 283 Å². The van der Waals surface area contributed by atoms with Crippen molar-refractivity contribution in [1.29, 1.82) is 0 Å². The molecule has 12 aromatic rings. The second-order valence-corrected chi connectivity index (χ2v) is 28.6. The van der Waals surface area contributed by atoms with Crippen molar-refractivity contribution < 1.29 is 52.8 Å². The molecule has 4 aliphatic rings. The van der Waals surface area contributed by atoms with Gasteiger partial charge in [0.05, 0.1) is 39.2 Å². The number of benzene rings is 8. The number of aromatic nitrogens is 7. The van der Waals surface area contributed by atoms with Crippen LogP contribution in [0.1, 0.15) is 112 Å². The van der Waals surface area contributed by atoms with Crippen molar-refractivity contribution in [1.82, 2.24) is 34.9 Å². The van der Waals surface area contributed by atoms with E-state index in [2.05, 4.69) is 34.9 Å². The highest BCUT2D eigenvalue weighted by Gasteiger charge is 2.37. The highest BCUT2D eigenvalue weighted by atomic mass is 32.2. The van der Waals surface area contributed by atoms with Gasteiger partial charge in [-0.05, 0) is 134 Å². The largest absolute Gasteiger partial charge is 0.289 e. The van der Waals surface area contributed by atoms with Gasteiger partial charge >= 0.3 is 0 Å². The predicted molar refractivity (Wildman–Crippen MR) is 372 cm³/mol. The normalized spacial score (nSPS) is 13.4. The van der Waals surface area contributed by atoms with E-state index < -0.39 is 39.3 Å². The van der Waals surface area contributed by atoms with Crippen molar-refractivity contribution in [3.63, 3.8) is 0 Å². The van der Waals surface area contributed by atoms with Crippen LogP contribution in [0.3, 0.4) is 0 Å². The first-order valence-electron chi connectivity index (χ1n) is 31.1. The molecule has 0 N–H and O–H groups in total. The van der Waals surface area contributed by atoms with Crippen LogP contribution in [0.2, 0.25) is 0 Å². The molecule has 0 unspecified atom stereocenters. The molecule has 496 valence electrons. The van der Waals surface area contributed by atoms with Gasteiger partial charge in [0.25, 0.3) is 0 Å². The van der Waals surface area contributed by atoms with Crippen LogP contribution in [0.25, 0.3) is 44.5 Å². The van der Waals surface area contributed by atoms with Crippen molar-refractivity contribution in [2.45, 2.75) is 87.6 Å². The summed E-state index contributed by atoms with van der Waals surface area (Å²) >= 11 is 0. The maximum absolute atomic E-state index is 12.6. The van der Waals surface area contributed by atoms with E-state index in [1.165, 1.54) is 61.3 Å². The number of carbonyl (C=O) groups is 4. The van der Waals surface area contributed by atoms with Crippen molar-refractivity contribution in [2.24, 2.45) is 0 Å². The van der Waals surface area contributed by atoms with E-state index >= 15 is 0 Å². The first-order valence-corrected chi connectivity index (χ1v) is 37.0. The van der Waals surface area contributed by atoms with Crippen molar-refractivity contribution in [3.05, 3.63) is 295 Å². The van der Waals surface area contributed by atoms with Crippen LogP contribution in [0, 0.1) is 6.92 Å². The highest BCUT2D eigenvalue weighted by Crippen LogP contribution is 2.47. The van der Waals surface area contributed by atoms with E-state index in [0.717, 1.165) is 0 Å². The lowest BCUT2D eigenvalue weighted by Gasteiger charge is -2.04. The van der Waals surface area contributed by atoms with E-state index in [1.54, 1.807) is 189 Å². The lowest BCUT2D eigenvalue weighted by molar-refractivity contribution is 0.102. The Labute approximate surface area is 573 Å². The summed E-state index contributed by atoms with van der Waals surface area (Å²) in [4.78, 5) is 79.8. The summed E-state index contributed by atoms with van der Waals surface area (Å²) in [5.41, 5.74) is 7.11. The summed E-state index contributed by atoms with van der Waals surface area (Å²) in [7, 11) is -14.0. The molecule has 0 saturated heterocycles. The number of ketones is 4. The molecule has 0 saturated carbocycles. The number of carbonyl (C=O) groups excluding carboxylic acids is 4. The molecule has 0 fully saturated rings. The van der Waals surface area contributed by atoms with Gasteiger partial charge in [-0.25, -0.2) is 58.6 Å². The third-order valence-electron chi connectivity index (χ3n) is 15.5. The van der Waals surface area contributed by atoms with Gasteiger partial charge in [-0.2, -0.15) is 0 Å². The molecule has 0 aliphatic carbocycles. The Morgan fingerprint density at radius 2 is 0.626 bits per heavy atom. The summed E-state index contributed by atoms with van der Waals surface area (Å²) in [5, 5.41) is 0. The molecule has 4 aliphatic heterocycles. The summed E-state index contributed by atoms with van der Waals surface area (Å²) in [5.74, 6) is -0.543. The maximum Gasteiger partial charge on any atom is 0.230 e. The smallest absolute Gasteiger partial charge is 0.230 e. The Morgan fingerprint density at radius 3 is 0.990 bits per heavy atom. The SMILES string of the molecule is CC.CC.CC.Cc1ncnc(C(=O)c2ccc3c(c2)-c2ccccc2S3(=O)=O)n1.O=C(c1ccc2c(c1)-c1ccccc1S2(=O)=O)c1ccccn1.O=C(c1ccc2c(c1)-c1ccccc1S2(=O)=O)c1ncccn1.O=C(c1cccnc1)c1ccc2c(c1)-c1ccccc1S2(=O)=O. The van der Waals surface area contributed by atoms with Crippen LogP contribution in [0.5, 0.6) is 0 Å². The van der Waals surface area contributed by atoms with Gasteiger partial charge in [0.1, 0.15) is 17.8 Å². The van der Waals surface area contributed by atoms with Crippen LogP contribution >= 0.6 is 0 Å². The predicted octanol–water partition coefficient (Wildman–Crippen LogP) is 14.1. The standard InChI is InChI=1S/2C18H11NO3S.C17H11N3O3S.C17H10N2O3S.3C2H6/c20-18(15-6-3-4-10-19-15)12-8-9-17-14(11-12)13-5-1-2-7-16(13)23(17,21)22;20-18(13-4-3-9-19-11-13)12-7-8-17-15(10-12)14-5-1-2-6-16(14)23(17,21)22;1-10-18-9-19-17(20-10)16(21)11-6-7-15-13(8-11)12-4-2-3-5-14(12)24(15,22)23;20-16(17-18-8-3-9-19-17)11-6-7-15-13(10-11)12-4-1-2-5-14(12)23(15,21)22;3*1-2/h2*1-11H;2-9H,1H3;1-10H;3*1-2H3. The fraction of sp³-hybridized carbons (Fsp3) is 0.0921. The molecule has 0 bridgehead atoms. The molecule has 19 nitrogen and oxygen atoms in total. The molecule has 23 heteroatoms. The number of nitrogens with zero attached hydrogens (tertiary/aromatic N) is 7. The summed E-state index contributed by atoms with van der Waals surface area (Å²) in [6.45, 7) is 13.7. The number of hydrogen-bond acceptors (Lipinski definition) is 19. The van der Waals surface area contributed by atoms with Gasteiger partial charge in [0, 0.05) is 103 Å². The number of hydrogen-bond donors (Lipinski definition) is 0. The molecule has 99 heavy (non-hydrogen) atoms. The van der Waals surface area contributed by atoms with Crippen LogP contribution in [-0.4, -0.2) is 91.7 Å². The monoisotopic (exact) mass is 1390 g/mol. The van der Waals surface area contributed by atoms with Crippen molar-refractivity contribution in [2.75, 3.05) is 0 Å². The van der Waals surface area contributed by atoms with Crippen LogP contribution in [-0.2, 0) is 39.3 Å². The number of rotatable bonds is 8. The first kappa shape index (κ1) is 70.4. The second kappa shape index (κ2) is 29.5. The molecule has 4 aromatic heterocycles. The highest BCUT2D eigenvalue weighted by molar-refractivity contribution is 7.93. The van der Waals surface area contributed by atoms with Crippen molar-refractivity contribution in [3.8, 4) is 44.5 Å². The zero-order valence-electron chi connectivity index (χ0n) is 54.3. The Bertz CT molecular complexity index is 5220. The average Bonchev–Trinajstić information content (AvgIpc) is 1.61. The zero-order chi connectivity index (χ0) is 71.0. The molecule has 8 heterocycles. The van der Waals surface area contributed by atoms with E-state index in [4.69, 9.17) is 0 Å². The quantitative estimate of drug-likeness (QED) is 0.128. The molecule has 0 amide bonds.